The zero-order chi connectivity index (χ0) is 27.4. The number of benzene rings is 1. The molecule has 0 spiro atoms. The molecule has 0 aliphatic carbocycles. The molecule has 10 nitrogen and oxygen atoms in total. The Hall–Kier alpha value is -3.83. The second kappa shape index (κ2) is 11.3. The van der Waals surface area contributed by atoms with E-state index in [1.54, 1.807) is 30.3 Å². The molecule has 0 radical (unpaired) electrons. The van der Waals surface area contributed by atoms with E-state index in [4.69, 9.17) is 4.42 Å². The standard InChI is InChI=1S/C27H30N4O6S/c1-17(2)14-20(29-27(34)23-15-19-8-4-5-9-22(19)37-23)26(33)30-25-18(3)11-13-31(16-21(25)32)38(35,36)24-10-6-7-12-28-24/h4-10,12,15,17,20,25H,3,11,13-14,16H2,1-2H3,(H,29,34)(H,30,33)/t20-,25-/m0/s1. The van der Waals surface area contributed by atoms with Crippen molar-refractivity contribution >= 4 is 38.6 Å². The number of aromatic nitrogens is 1. The molecule has 1 aliphatic rings. The Balaban J connectivity index is 1.48. The zero-order valence-corrected chi connectivity index (χ0v) is 22.0. The van der Waals surface area contributed by atoms with Crippen LogP contribution in [0.25, 0.3) is 11.0 Å². The first-order valence-corrected chi connectivity index (χ1v) is 13.7. The van der Waals surface area contributed by atoms with Crippen molar-refractivity contribution in [1.82, 2.24) is 19.9 Å². The van der Waals surface area contributed by atoms with Gasteiger partial charge in [-0.25, -0.2) is 13.4 Å². The first-order chi connectivity index (χ1) is 18.1. The van der Waals surface area contributed by atoms with Gasteiger partial charge in [-0.1, -0.05) is 44.7 Å². The molecule has 2 atom stereocenters. The van der Waals surface area contributed by atoms with Gasteiger partial charge in [0.05, 0.1) is 6.54 Å². The smallest absolute Gasteiger partial charge is 0.287 e. The highest BCUT2D eigenvalue weighted by molar-refractivity contribution is 7.89. The van der Waals surface area contributed by atoms with E-state index in [1.165, 1.54) is 12.3 Å². The van der Waals surface area contributed by atoms with Crippen molar-refractivity contribution in [3.63, 3.8) is 0 Å². The first kappa shape index (κ1) is 27.2. The average Bonchev–Trinajstić information content (AvgIpc) is 3.27. The molecule has 11 heteroatoms. The normalized spacial score (nSPS) is 17.8. The van der Waals surface area contributed by atoms with Gasteiger partial charge in [0.1, 0.15) is 17.7 Å². The molecular weight excluding hydrogens is 508 g/mol. The van der Waals surface area contributed by atoms with Crippen molar-refractivity contribution in [3.8, 4) is 0 Å². The van der Waals surface area contributed by atoms with E-state index in [1.807, 2.05) is 26.0 Å². The van der Waals surface area contributed by atoms with Crippen molar-refractivity contribution in [2.24, 2.45) is 5.92 Å². The van der Waals surface area contributed by atoms with E-state index >= 15 is 0 Å². The van der Waals surface area contributed by atoms with E-state index in [-0.39, 0.29) is 29.7 Å². The first-order valence-electron chi connectivity index (χ1n) is 12.3. The van der Waals surface area contributed by atoms with Crippen molar-refractivity contribution in [3.05, 3.63) is 72.6 Å². The maximum absolute atomic E-state index is 13.3. The third kappa shape index (κ3) is 6.00. The number of carbonyl (C=O) groups excluding carboxylic acids is 3. The highest BCUT2D eigenvalue weighted by Gasteiger charge is 2.36. The Bertz CT molecular complexity index is 1430. The van der Waals surface area contributed by atoms with Gasteiger partial charge in [0.2, 0.25) is 5.91 Å². The van der Waals surface area contributed by atoms with Crippen LogP contribution in [0.1, 0.15) is 37.2 Å². The lowest BCUT2D eigenvalue weighted by Gasteiger charge is -2.24. The molecular formula is C27H30N4O6S. The number of carbonyl (C=O) groups is 3. The predicted molar refractivity (Wildman–Crippen MR) is 141 cm³/mol. The maximum Gasteiger partial charge on any atom is 0.287 e. The lowest BCUT2D eigenvalue weighted by Crippen LogP contribution is -2.53. The molecule has 0 unspecified atom stereocenters. The van der Waals surface area contributed by atoms with Crippen LogP contribution < -0.4 is 10.6 Å². The summed E-state index contributed by atoms with van der Waals surface area (Å²) in [6, 6.07) is 11.2. The lowest BCUT2D eigenvalue weighted by atomic mass is 9.99. The van der Waals surface area contributed by atoms with Crippen LogP contribution in [0.3, 0.4) is 0 Å². The number of furan rings is 1. The van der Waals surface area contributed by atoms with E-state index in [2.05, 4.69) is 22.2 Å². The molecule has 0 bridgehead atoms. The minimum absolute atomic E-state index is 0.0219. The summed E-state index contributed by atoms with van der Waals surface area (Å²) in [7, 11) is -4.00. The Morgan fingerprint density at radius 3 is 2.61 bits per heavy atom. The number of fused-ring (bicyclic) bond motifs is 1. The number of pyridine rings is 1. The average molecular weight is 539 g/mol. The second-order valence-electron chi connectivity index (χ2n) is 9.63. The van der Waals surface area contributed by atoms with Gasteiger partial charge in [-0.15, -0.1) is 0 Å². The van der Waals surface area contributed by atoms with Gasteiger partial charge < -0.3 is 15.1 Å². The minimum atomic E-state index is -4.00. The van der Waals surface area contributed by atoms with Gasteiger partial charge in [0.15, 0.2) is 16.6 Å². The molecule has 1 aromatic carbocycles. The fourth-order valence-corrected chi connectivity index (χ4v) is 5.61. The van der Waals surface area contributed by atoms with Crippen LogP contribution in [0.4, 0.5) is 0 Å². The Morgan fingerprint density at radius 2 is 1.92 bits per heavy atom. The summed E-state index contributed by atoms with van der Waals surface area (Å²) >= 11 is 0. The van der Waals surface area contributed by atoms with Crippen molar-refractivity contribution < 1.29 is 27.2 Å². The number of rotatable bonds is 8. The third-order valence-electron chi connectivity index (χ3n) is 6.25. The Morgan fingerprint density at radius 1 is 1.18 bits per heavy atom. The summed E-state index contributed by atoms with van der Waals surface area (Å²) in [4.78, 5) is 43.3. The van der Waals surface area contributed by atoms with Crippen LogP contribution in [0.2, 0.25) is 0 Å². The third-order valence-corrected chi connectivity index (χ3v) is 8.01. The molecule has 1 aliphatic heterocycles. The van der Waals surface area contributed by atoms with Crippen LogP contribution in [0, 0.1) is 5.92 Å². The fraction of sp³-hybridized carbons (Fsp3) is 0.333. The number of hydrogen-bond acceptors (Lipinski definition) is 7. The molecule has 0 saturated carbocycles. The quantitative estimate of drug-likeness (QED) is 0.421. The number of hydrogen-bond donors (Lipinski definition) is 2. The number of nitrogens with one attached hydrogen (secondary N) is 2. The largest absolute Gasteiger partial charge is 0.451 e. The van der Waals surface area contributed by atoms with Gasteiger partial charge in [0, 0.05) is 18.1 Å². The Labute approximate surface area is 221 Å². The molecule has 38 heavy (non-hydrogen) atoms. The summed E-state index contributed by atoms with van der Waals surface area (Å²) in [6.45, 7) is 7.32. The highest BCUT2D eigenvalue weighted by atomic mass is 32.2. The van der Waals surface area contributed by atoms with Gasteiger partial charge in [0.25, 0.3) is 15.9 Å². The summed E-state index contributed by atoms with van der Waals surface area (Å²) < 4.78 is 32.7. The predicted octanol–water partition coefficient (Wildman–Crippen LogP) is 2.68. The number of amides is 2. The minimum Gasteiger partial charge on any atom is -0.451 e. The molecule has 2 N–H and O–H groups in total. The van der Waals surface area contributed by atoms with Crippen molar-refractivity contribution in [2.45, 2.75) is 43.8 Å². The topological polar surface area (TPSA) is 139 Å². The number of para-hydroxylation sites is 1. The van der Waals surface area contributed by atoms with Gasteiger partial charge in [-0.2, -0.15) is 4.31 Å². The van der Waals surface area contributed by atoms with Crippen LogP contribution in [-0.2, 0) is 19.6 Å². The fourth-order valence-electron chi connectivity index (χ4n) is 4.27. The maximum atomic E-state index is 13.3. The van der Waals surface area contributed by atoms with Crippen molar-refractivity contribution in [2.75, 3.05) is 13.1 Å². The number of Topliss-reactive ketones (excluding diaryl/α,β-unsaturated/α-hetero) is 1. The lowest BCUT2D eigenvalue weighted by molar-refractivity contribution is -0.128. The van der Waals surface area contributed by atoms with Crippen LogP contribution in [-0.4, -0.2) is 60.5 Å². The van der Waals surface area contributed by atoms with E-state index in [0.717, 1.165) is 9.69 Å². The van der Waals surface area contributed by atoms with Gasteiger partial charge in [-0.3, -0.25) is 14.4 Å². The van der Waals surface area contributed by atoms with Gasteiger partial charge in [-0.05, 0) is 48.6 Å². The molecule has 2 aromatic heterocycles. The number of sulfonamides is 1. The summed E-state index contributed by atoms with van der Waals surface area (Å²) in [6.07, 6.45) is 1.84. The Kier molecular flexibility index (Phi) is 8.08. The molecule has 2 amide bonds. The van der Waals surface area contributed by atoms with E-state index in [0.29, 0.717) is 17.6 Å². The molecule has 3 heterocycles. The molecule has 4 rings (SSSR count). The summed E-state index contributed by atoms with van der Waals surface area (Å²) in [5.41, 5.74) is 0.932. The number of ketones is 1. The van der Waals surface area contributed by atoms with Gasteiger partial charge >= 0.3 is 0 Å². The molecule has 1 fully saturated rings. The van der Waals surface area contributed by atoms with E-state index < -0.39 is 46.2 Å². The second-order valence-corrected chi connectivity index (χ2v) is 11.5. The van der Waals surface area contributed by atoms with E-state index in [9.17, 15) is 22.8 Å². The molecule has 3 aromatic rings. The van der Waals surface area contributed by atoms with Crippen LogP contribution >= 0.6 is 0 Å². The van der Waals surface area contributed by atoms with Crippen LogP contribution in [0.5, 0.6) is 0 Å². The van der Waals surface area contributed by atoms with Crippen LogP contribution in [0.15, 0.2) is 76.3 Å². The summed E-state index contributed by atoms with van der Waals surface area (Å²) in [5.74, 6) is -1.52. The SMILES string of the molecule is C=C1CCN(S(=O)(=O)c2ccccn2)CC(=O)[C@H]1NC(=O)[C@H](CC(C)C)NC(=O)c1cc2ccccc2o1. The molecule has 1 saturated heterocycles. The van der Waals surface area contributed by atoms with Crippen molar-refractivity contribution in [1.29, 1.82) is 0 Å². The monoisotopic (exact) mass is 538 g/mol. The molecule has 200 valence electrons. The summed E-state index contributed by atoms with van der Waals surface area (Å²) in [5, 5.41) is 6.00. The highest BCUT2D eigenvalue weighted by Crippen LogP contribution is 2.21. The number of nitrogens with zero attached hydrogens (tertiary/aromatic N) is 2. The zero-order valence-electron chi connectivity index (χ0n) is 21.2.